The van der Waals surface area contributed by atoms with Crippen LogP contribution in [0.5, 0.6) is 0 Å². The van der Waals surface area contributed by atoms with Crippen molar-refractivity contribution >= 4 is 0 Å². The maximum Gasteiger partial charge on any atom is 0.0690 e. The van der Waals surface area contributed by atoms with Crippen LogP contribution >= 0.6 is 0 Å². The zero-order valence-electron chi connectivity index (χ0n) is 6.09. The van der Waals surface area contributed by atoms with Gasteiger partial charge in [-0.3, -0.25) is 0 Å². The number of hydrogen-bond acceptors (Lipinski definition) is 1. The summed E-state index contributed by atoms with van der Waals surface area (Å²) in [6.07, 6.45) is 9.29. The molecule has 2 aliphatic rings. The number of nitrogens with two attached hydrogens (primary N) is 1. The molecule has 0 spiro atoms. The maximum absolute atomic E-state index is 5.72. The van der Waals surface area contributed by atoms with Crippen LogP contribution in [-0.4, -0.2) is 6.04 Å². The fourth-order valence-electron chi connectivity index (χ4n) is 2.19. The molecule has 0 aromatic rings. The lowest BCUT2D eigenvalue weighted by molar-refractivity contribution is 0.450. The highest BCUT2D eigenvalue weighted by Gasteiger charge is 2.46. The Labute approximate surface area is 62.0 Å². The summed E-state index contributed by atoms with van der Waals surface area (Å²) < 4.78 is 0. The first-order valence-corrected chi connectivity index (χ1v) is 4.03. The van der Waals surface area contributed by atoms with E-state index in [9.17, 15) is 0 Å². The lowest BCUT2D eigenvalue weighted by Crippen LogP contribution is -2.27. The highest BCUT2D eigenvalue weighted by atomic mass is 14.7. The summed E-state index contributed by atoms with van der Waals surface area (Å²) in [7, 11) is 0. The summed E-state index contributed by atoms with van der Waals surface area (Å²) in [5.41, 5.74) is 5.72. The van der Waals surface area contributed by atoms with Gasteiger partial charge in [0, 0.05) is 0 Å². The lowest BCUT2D eigenvalue weighted by atomic mass is 9.96. The van der Waals surface area contributed by atoms with Crippen molar-refractivity contribution < 1.29 is 0 Å². The molecular weight excluding hydrogens is 122 g/mol. The first-order chi connectivity index (χ1) is 4.81. The van der Waals surface area contributed by atoms with Gasteiger partial charge in [0.25, 0.3) is 0 Å². The Morgan fingerprint density at radius 3 is 2.40 bits per heavy atom. The minimum atomic E-state index is 0.0350. The first kappa shape index (κ1) is 6.24. The number of fused-ring (bicyclic) bond motifs is 1. The van der Waals surface area contributed by atoms with Crippen LogP contribution in [0.2, 0.25) is 0 Å². The number of rotatable bonds is 1. The lowest BCUT2D eigenvalue weighted by Gasteiger charge is -2.13. The summed E-state index contributed by atoms with van der Waals surface area (Å²) in [6, 6.07) is 0.0350. The van der Waals surface area contributed by atoms with E-state index in [1.54, 1.807) is 0 Å². The van der Waals surface area contributed by atoms with E-state index in [2.05, 4.69) is 5.92 Å². The van der Waals surface area contributed by atoms with E-state index >= 15 is 0 Å². The SMILES string of the molecule is C#CC(N)C1CC2CC2C1. The molecule has 0 radical (unpaired) electrons. The standard InChI is InChI=1S/C9H13N/c1-2-9(10)8-4-6-3-7(6)5-8/h1,6-9H,3-5,10H2. The van der Waals surface area contributed by atoms with Crippen LogP contribution in [0.3, 0.4) is 0 Å². The average molecular weight is 135 g/mol. The molecule has 0 saturated heterocycles. The molecule has 2 saturated carbocycles. The van der Waals surface area contributed by atoms with E-state index in [0.29, 0.717) is 5.92 Å². The van der Waals surface area contributed by atoms with Gasteiger partial charge in [-0.25, -0.2) is 0 Å². The molecule has 0 aromatic carbocycles. The fourth-order valence-corrected chi connectivity index (χ4v) is 2.19. The minimum Gasteiger partial charge on any atom is -0.317 e. The largest absolute Gasteiger partial charge is 0.317 e. The zero-order valence-corrected chi connectivity index (χ0v) is 6.09. The van der Waals surface area contributed by atoms with Crippen LogP contribution in [0.1, 0.15) is 19.3 Å². The molecule has 54 valence electrons. The van der Waals surface area contributed by atoms with E-state index in [4.69, 9.17) is 12.2 Å². The van der Waals surface area contributed by atoms with Crippen molar-refractivity contribution in [3.05, 3.63) is 0 Å². The molecule has 3 atom stereocenters. The van der Waals surface area contributed by atoms with Gasteiger partial charge in [0.2, 0.25) is 0 Å². The highest BCUT2D eigenvalue weighted by Crippen LogP contribution is 2.54. The van der Waals surface area contributed by atoms with Crippen molar-refractivity contribution in [1.82, 2.24) is 0 Å². The third-order valence-corrected chi connectivity index (χ3v) is 2.98. The minimum absolute atomic E-state index is 0.0350. The molecule has 0 bridgehead atoms. The summed E-state index contributed by atoms with van der Waals surface area (Å²) in [6.45, 7) is 0. The van der Waals surface area contributed by atoms with Gasteiger partial charge in [-0.15, -0.1) is 6.42 Å². The van der Waals surface area contributed by atoms with Gasteiger partial charge in [-0.2, -0.15) is 0 Å². The van der Waals surface area contributed by atoms with Crippen LogP contribution in [0.25, 0.3) is 0 Å². The van der Waals surface area contributed by atoms with Crippen molar-refractivity contribution in [1.29, 1.82) is 0 Å². The molecule has 3 unspecified atom stereocenters. The van der Waals surface area contributed by atoms with Crippen molar-refractivity contribution in [2.24, 2.45) is 23.5 Å². The second-order valence-corrected chi connectivity index (χ2v) is 3.68. The van der Waals surface area contributed by atoms with Gasteiger partial charge in [0.05, 0.1) is 6.04 Å². The van der Waals surface area contributed by atoms with Crippen molar-refractivity contribution in [2.75, 3.05) is 0 Å². The molecule has 0 aromatic heterocycles. The predicted molar refractivity (Wildman–Crippen MR) is 41.1 cm³/mol. The Hall–Kier alpha value is -0.480. The average Bonchev–Trinajstić information content (AvgIpc) is 2.57. The number of terminal acetylenes is 1. The third kappa shape index (κ3) is 0.839. The Kier molecular flexibility index (Phi) is 1.25. The summed E-state index contributed by atoms with van der Waals surface area (Å²) in [4.78, 5) is 0. The smallest absolute Gasteiger partial charge is 0.0690 e. The third-order valence-electron chi connectivity index (χ3n) is 2.98. The van der Waals surface area contributed by atoms with Crippen LogP contribution in [0.4, 0.5) is 0 Å². The van der Waals surface area contributed by atoms with Crippen molar-refractivity contribution in [3.8, 4) is 12.3 Å². The van der Waals surface area contributed by atoms with Gasteiger partial charge >= 0.3 is 0 Å². The molecule has 10 heavy (non-hydrogen) atoms. The zero-order chi connectivity index (χ0) is 7.14. The molecular formula is C9H13N. The maximum atomic E-state index is 5.72. The van der Waals surface area contributed by atoms with E-state index in [-0.39, 0.29) is 6.04 Å². The normalized spacial score (nSPS) is 45.8. The Balaban J connectivity index is 1.92. The Morgan fingerprint density at radius 1 is 1.30 bits per heavy atom. The quantitative estimate of drug-likeness (QED) is 0.533. The summed E-state index contributed by atoms with van der Waals surface area (Å²) in [5.74, 6) is 5.28. The van der Waals surface area contributed by atoms with Gasteiger partial charge in [-0.05, 0) is 37.0 Å². The summed E-state index contributed by atoms with van der Waals surface area (Å²) >= 11 is 0. The van der Waals surface area contributed by atoms with Crippen LogP contribution in [0.15, 0.2) is 0 Å². The molecule has 2 N–H and O–H groups in total. The molecule has 2 fully saturated rings. The molecule has 1 heteroatoms. The fraction of sp³-hybridized carbons (Fsp3) is 0.778. The van der Waals surface area contributed by atoms with E-state index in [1.807, 2.05) is 0 Å². The second-order valence-electron chi connectivity index (χ2n) is 3.68. The van der Waals surface area contributed by atoms with E-state index < -0.39 is 0 Å². The molecule has 0 aliphatic heterocycles. The van der Waals surface area contributed by atoms with Crippen LogP contribution in [-0.2, 0) is 0 Å². The van der Waals surface area contributed by atoms with Gasteiger partial charge < -0.3 is 5.73 Å². The molecule has 0 amide bonds. The summed E-state index contributed by atoms with van der Waals surface area (Å²) in [5, 5.41) is 0. The van der Waals surface area contributed by atoms with Crippen LogP contribution < -0.4 is 5.73 Å². The van der Waals surface area contributed by atoms with E-state index in [0.717, 1.165) is 11.8 Å². The monoisotopic (exact) mass is 135 g/mol. The van der Waals surface area contributed by atoms with Crippen LogP contribution in [0, 0.1) is 30.1 Å². The van der Waals surface area contributed by atoms with Gasteiger partial charge in [0.15, 0.2) is 0 Å². The van der Waals surface area contributed by atoms with Gasteiger partial charge in [0.1, 0.15) is 0 Å². The molecule has 2 rings (SSSR count). The Morgan fingerprint density at radius 2 is 1.90 bits per heavy atom. The first-order valence-electron chi connectivity index (χ1n) is 4.03. The van der Waals surface area contributed by atoms with Crippen molar-refractivity contribution in [3.63, 3.8) is 0 Å². The topological polar surface area (TPSA) is 26.0 Å². The molecule has 1 nitrogen and oxygen atoms in total. The van der Waals surface area contributed by atoms with Gasteiger partial charge in [-0.1, -0.05) is 5.92 Å². The molecule has 2 aliphatic carbocycles. The van der Waals surface area contributed by atoms with Crippen molar-refractivity contribution in [2.45, 2.75) is 25.3 Å². The number of hydrogen-bond donors (Lipinski definition) is 1. The highest BCUT2D eigenvalue weighted by molar-refractivity contribution is 5.07. The Bertz CT molecular complexity index is 170. The second kappa shape index (κ2) is 2.00. The van der Waals surface area contributed by atoms with E-state index in [1.165, 1.54) is 19.3 Å². The predicted octanol–water partition coefficient (Wildman–Crippen LogP) is 0.993. The molecule has 0 heterocycles.